The Bertz CT molecular complexity index is 654. The molecule has 0 bridgehead atoms. The van der Waals surface area contributed by atoms with Crippen molar-refractivity contribution in [3.05, 3.63) is 67.3 Å². The first-order chi connectivity index (χ1) is 10.2. The van der Waals surface area contributed by atoms with Crippen molar-refractivity contribution in [1.29, 1.82) is 0 Å². The second-order valence-electron chi connectivity index (χ2n) is 4.10. The Labute approximate surface area is 122 Å². The van der Waals surface area contributed by atoms with E-state index >= 15 is 0 Å². The van der Waals surface area contributed by atoms with Gasteiger partial charge in [0.1, 0.15) is 5.75 Å². The van der Waals surface area contributed by atoms with Gasteiger partial charge in [-0.2, -0.15) is 0 Å². The molecule has 21 heavy (non-hydrogen) atoms. The van der Waals surface area contributed by atoms with Crippen molar-refractivity contribution < 1.29 is 14.3 Å². The number of carbonyl (C=O) groups is 2. The third kappa shape index (κ3) is 4.50. The standard InChI is InChI=1S/C16H14N2O3/c1-2-15(19)21-14-10-6-9-13(11-14)18-16(20)17-12-7-4-3-5-8-12/h2-11H,1H2,(H2,17,18,20). The molecule has 2 aromatic rings. The number of carbonyl (C=O) groups excluding carboxylic acids is 2. The van der Waals surface area contributed by atoms with E-state index in [2.05, 4.69) is 17.2 Å². The van der Waals surface area contributed by atoms with Gasteiger partial charge in [-0.25, -0.2) is 9.59 Å². The Balaban J connectivity index is 1.99. The van der Waals surface area contributed by atoms with Crippen molar-refractivity contribution in [2.75, 3.05) is 10.6 Å². The fraction of sp³-hybridized carbons (Fsp3) is 0. The van der Waals surface area contributed by atoms with Crippen LogP contribution < -0.4 is 15.4 Å². The summed E-state index contributed by atoms with van der Waals surface area (Å²) in [7, 11) is 0. The minimum absolute atomic E-state index is 0.331. The van der Waals surface area contributed by atoms with Gasteiger partial charge in [-0.05, 0) is 24.3 Å². The molecule has 0 aliphatic rings. The molecule has 0 saturated heterocycles. The number of anilines is 2. The molecule has 2 aromatic carbocycles. The molecule has 106 valence electrons. The van der Waals surface area contributed by atoms with Crippen molar-refractivity contribution in [3.63, 3.8) is 0 Å². The molecule has 5 heteroatoms. The quantitative estimate of drug-likeness (QED) is 0.513. The molecule has 0 unspecified atom stereocenters. The maximum Gasteiger partial charge on any atom is 0.335 e. The average molecular weight is 282 g/mol. The zero-order valence-electron chi connectivity index (χ0n) is 11.2. The molecule has 2 rings (SSSR count). The first kappa shape index (κ1) is 14.3. The molecule has 5 nitrogen and oxygen atoms in total. The Hall–Kier alpha value is -3.08. The van der Waals surface area contributed by atoms with Crippen LogP contribution in [0.2, 0.25) is 0 Å². The minimum Gasteiger partial charge on any atom is -0.423 e. The normalized spacial score (nSPS) is 9.52. The Morgan fingerprint density at radius 2 is 1.62 bits per heavy atom. The third-order valence-electron chi connectivity index (χ3n) is 2.51. The van der Waals surface area contributed by atoms with Crippen LogP contribution in [0.5, 0.6) is 5.75 Å². The molecule has 0 aliphatic carbocycles. The van der Waals surface area contributed by atoms with Gasteiger partial charge < -0.3 is 15.4 Å². The van der Waals surface area contributed by atoms with Gasteiger partial charge in [0.05, 0.1) is 0 Å². The topological polar surface area (TPSA) is 67.4 Å². The number of hydrogen-bond acceptors (Lipinski definition) is 3. The molecule has 0 aromatic heterocycles. The number of amides is 2. The summed E-state index contributed by atoms with van der Waals surface area (Å²) in [6, 6.07) is 15.2. The molecule has 0 radical (unpaired) electrons. The zero-order valence-corrected chi connectivity index (χ0v) is 11.2. The van der Waals surface area contributed by atoms with E-state index in [0.29, 0.717) is 17.1 Å². The lowest BCUT2D eigenvalue weighted by Gasteiger charge is -2.08. The largest absolute Gasteiger partial charge is 0.423 e. The van der Waals surface area contributed by atoms with Crippen LogP contribution in [0.15, 0.2) is 67.3 Å². The Morgan fingerprint density at radius 1 is 0.952 bits per heavy atom. The van der Waals surface area contributed by atoms with E-state index in [0.717, 1.165) is 6.08 Å². The summed E-state index contributed by atoms with van der Waals surface area (Å²) in [6.07, 6.45) is 1.07. The highest BCUT2D eigenvalue weighted by Crippen LogP contribution is 2.18. The summed E-state index contributed by atoms with van der Waals surface area (Å²) < 4.78 is 4.98. The van der Waals surface area contributed by atoms with E-state index < -0.39 is 5.97 Å². The highest BCUT2D eigenvalue weighted by atomic mass is 16.5. The van der Waals surface area contributed by atoms with E-state index in [-0.39, 0.29) is 6.03 Å². The fourth-order valence-electron chi connectivity index (χ4n) is 1.61. The number of hydrogen-bond donors (Lipinski definition) is 2. The van der Waals surface area contributed by atoms with Crippen molar-refractivity contribution in [2.45, 2.75) is 0 Å². The predicted octanol–water partition coefficient (Wildman–Crippen LogP) is 3.42. The predicted molar refractivity (Wildman–Crippen MR) is 81.4 cm³/mol. The average Bonchev–Trinajstić information content (AvgIpc) is 2.48. The molecule has 0 aliphatic heterocycles. The van der Waals surface area contributed by atoms with E-state index in [1.807, 2.05) is 18.2 Å². The molecule has 2 amide bonds. The molecular formula is C16H14N2O3. The van der Waals surface area contributed by atoms with E-state index in [1.54, 1.807) is 36.4 Å². The number of benzene rings is 2. The van der Waals surface area contributed by atoms with E-state index in [9.17, 15) is 9.59 Å². The van der Waals surface area contributed by atoms with Gasteiger partial charge in [0, 0.05) is 23.5 Å². The lowest BCUT2D eigenvalue weighted by Crippen LogP contribution is -2.19. The van der Waals surface area contributed by atoms with E-state index in [4.69, 9.17) is 4.74 Å². The zero-order chi connectivity index (χ0) is 15.1. The number of rotatable bonds is 4. The summed E-state index contributed by atoms with van der Waals surface area (Å²) in [6.45, 7) is 3.32. The van der Waals surface area contributed by atoms with Crippen LogP contribution in [-0.2, 0) is 4.79 Å². The van der Waals surface area contributed by atoms with Gasteiger partial charge in [-0.1, -0.05) is 30.8 Å². The lowest BCUT2D eigenvalue weighted by molar-refractivity contribution is -0.128. The van der Waals surface area contributed by atoms with Crippen molar-refractivity contribution in [3.8, 4) is 5.75 Å². The number of urea groups is 1. The van der Waals surface area contributed by atoms with Crippen LogP contribution in [0.1, 0.15) is 0 Å². The summed E-state index contributed by atoms with van der Waals surface area (Å²) in [4.78, 5) is 22.9. The second-order valence-corrected chi connectivity index (χ2v) is 4.10. The fourth-order valence-corrected chi connectivity index (χ4v) is 1.61. The molecule has 2 N–H and O–H groups in total. The monoisotopic (exact) mass is 282 g/mol. The smallest absolute Gasteiger partial charge is 0.335 e. The summed E-state index contributed by atoms with van der Waals surface area (Å²) in [5.41, 5.74) is 1.20. The van der Waals surface area contributed by atoms with Gasteiger partial charge in [-0.15, -0.1) is 0 Å². The van der Waals surface area contributed by atoms with Crippen LogP contribution in [0.25, 0.3) is 0 Å². The minimum atomic E-state index is -0.555. The first-order valence-corrected chi connectivity index (χ1v) is 6.25. The van der Waals surface area contributed by atoms with Crippen LogP contribution in [-0.4, -0.2) is 12.0 Å². The van der Waals surface area contributed by atoms with Crippen LogP contribution in [0.3, 0.4) is 0 Å². The molecule has 0 heterocycles. The van der Waals surface area contributed by atoms with Gasteiger partial charge in [0.15, 0.2) is 0 Å². The second kappa shape index (κ2) is 6.91. The first-order valence-electron chi connectivity index (χ1n) is 6.25. The van der Waals surface area contributed by atoms with Crippen LogP contribution >= 0.6 is 0 Å². The number of para-hydroxylation sites is 1. The summed E-state index contributed by atoms with van der Waals surface area (Å²) in [5, 5.41) is 5.34. The van der Waals surface area contributed by atoms with Gasteiger partial charge in [-0.3, -0.25) is 0 Å². The molecule has 0 fully saturated rings. The van der Waals surface area contributed by atoms with Crippen LogP contribution in [0.4, 0.5) is 16.2 Å². The van der Waals surface area contributed by atoms with E-state index in [1.165, 1.54) is 0 Å². The highest BCUT2D eigenvalue weighted by Gasteiger charge is 2.05. The number of nitrogens with one attached hydrogen (secondary N) is 2. The van der Waals surface area contributed by atoms with Crippen molar-refractivity contribution in [2.24, 2.45) is 0 Å². The highest BCUT2D eigenvalue weighted by molar-refractivity contribution is 5.99. The molecule has 0 atom stereocenters. The Morgan fingerprint density at radius 3 is 2.33 bits per heavy atom. The number of esters is 1. The third-order valence-corrected chi connectivity index (χ3v) is 2.51. The molecule has 0 spiro atoms. The molecule has 0 saturated carbocycles. The maximum atomic E-state index is 11.8. The SMILES string of the molecule is C=CC(=O)Oc1cccc(NC(=O)Nc2ccccc2)c1. The van der Waals surface area contributed by atoms with Gasteiger partial charge >= 0.3 is 12.0 Å². The van der Waals surface area contributed by atoms with Gasteiger partial charge in [0.2, 0.25) is 0 Å². The van der Waals surface area contributed by atoms with Crippen molar-refractivity contribution >= 4 is 23.4 Å². The maximum absolute atomic E-state index is 11.8. The summed E-state index contributed by atoms with van der Waals surface area (Å²) >= 11 is 0. The lowest BCUT2D eigenvalue weighted by atomic mass is 10.3. The van der Waals surface area contributed by atoms with Crippen molar-refractivity contribution in [1.82, 2.24) is 0 Å². The van der Waals surface area contributed by atoms with Crippen LogP contribution in [0, 0.1) is 0 Å². The summed E-state index contributed by atoms with van der Waals surface area (Å²) in [5.74, 6) is -0.224. The van der Waals surface area contributed by atoms with Gasteiger partial charge in [0.25, 0.3) is 0 Å². The number of ether oxygens (including phenoxy) is 1. The molecular weight excluding hydrogens is 268 g/mol. The Kier molecular flexibility index (Phi) is 4.71.